The largest absolute Gasteiger partial charge is 0.497 e. The molecule has 1 atom stereocenters. The molecule has 2 aromatic rings. The van der Waals surface area contributed by atoms with Gasteiger partial charge in [0.2, 0.25) is 21.8 Å². The van der Waals surface area contributed by atoms with Crippen LogP contribution in [0.3, 0.4) is 0 Å². The van der Waals surface area contributed by atoms with Crippen LogP contribution in [0.15, 0.2) is 42.5 Å². The number of benzene rings is 2. The highest BCUT2D eigenvalue weighted by Gasteiger charge is 2.32. The Morgan fingerprint density at radius 2 is 1.86 bits per heavy atom. The number of rotatable bonds is 13. The summed E-state index contributed by atoms with van der Waals surface area (Å²) in [5.41, 5.74) is 0.845. The van der Waals surface area contributed by atoms with E-state index in [9.17, 15) is 28.1 Å². The fourth-order valence-corrected chi connectivity index (χ4v) is 4.73. The Bertz CT molecular complexity index is 1230. The van der Waals surface area contributed by atoms with Gasteiger partial charge in [0.15, 0.2) is 0 Å². The van der Waals surface area contributed by atoms with E-state index in [1.165, 1.54) is 24.1 Å². The summed E-state index contributed by atoms with van der Waals surface area (Å²) in [6.45, 7) is 5.09. The van der Waals surface area contributed by atoms with Crippen molar-refractivity contribution in [2.75, 3.05) is 30.8 Å². The highest BCUT2D eigenvalue weighted by Crippen LogP contribution is 2.28. The van der Waals surface area contributed by atoms with Crippen molar-refractivity contribution in [3.63, 3.8) is 0 Å². The number of sulfonamides is 1. The van der Waals surface area contributed by atoms with Crippen LogP contribution in [-0.2, 0) is 26.2 Å². The molecule has 0 radical (unpaired) electrons. The molecule has 0 bridgehead atoms. The van der Waals surface area contributed by atoms with E-state index in [-0.39, 0.29) is 23.8 Å². The van der Waals surface area contributed by atoms with Crippen LogP contribution in [0.4, 0.5) is 11.4 Å². The maximum atomic E-state index is 13.7. The molecular weight excluding hydrogens is 500 g/mol. The molecule has 2 rings (SSSR count). The lowest BCUT2D eigenvalue weighted by molar-refractivity contribution is -0.384. The fourth-order valence-electron chi connectivity index (χ4n) is 3.83. The van der Waals surface area contributed by atoms with Crippen LogP contribution in [0.5, 0.6) is 5.75 Å². The third-order valence-electron chi connectivity index (χ3n) is 5.77. The summed E-state index contributed by atoms with van der Waals surface area (Å²) in [5, 5.41) is 14.1. The topological polar surface area (TPSA) is 139 Å². The molecule has 1 unspecified atom stereocenters. The molecule has 0 spiro atoms. The number of nitro groups is 1. The average molecular weight is 535 g/mol. The van der Waals surface area contributed by atoms with Crippen LogP contribution in [-0.4, -0.2) is 62.6 Å². The van der Waals surface area contributed by atoms with Crippen molar-refractivity contribution < 1.29 is 27.7 Å². The summed E-state index contributed by atoms with van der Waals surface area (Å²) in [6, 6.07) is 9.97. The molecule has 0 saturated carbocycles. The van der Waals surface area contributed by atoms with Gasteiger partial charge in [0.1, 0.15) is 18.3 Å². The Morgan fingerprint density at radius 1 is 1.16 bits per heavy atom. The molecule has 2 aromatic carbocycles. The number of nitro benzene ring substituents is 1. The minimum absolute atomic E-state index is 0.0230. The Morgan fingerprint density at radius 3 is 2.43 bits per heavy atom. The number of carbonyl (C=O) groups excluding carboxylic acids is 2. The summed E-state index contributed by atoms with van der Waals surface area (Å²) < 4.78 is 31.6. The Labute approximate surface area is 217 Å². The highest BCUT2D eigenvalue weighted by molar-refractivity contribution is 7.92. The number of nitrogens with zero attached hydrogens (tertiary/aromatic N) is 3. The Kier molecular flexibility index (Phi) is 10.4. The van der Waals surface area contributed by atoms with E-state index in [1.54, 1.807) is 38.1 Å². The number of non-ortho nitro benzene ring substituents is 1. The van der Waals surface area contributed by atoms with Gasteiger partial charge in [0, 0.05) is 25.2 Å². The molecule has 0 saturated heterocycles. The summed E-state index contributed by atoms with van der Waals surface area (Å²) in [4.78, 5) is 38.7. The van der Waals surface area contributed by atoms with Crippen molar-refractivity contribution in [3.8, 4) is 5.75 Å². The zero-order valence-corrected chi connectivity index (χ0v) is 22.6. The van der Waals surface area contributed by atoms with E-state index in [0.29, 0.717) is 36.3 Å². The lowest BCUT2D eigenvalue weighted by Crippen LogP contribution is -2.52. The standard InChI is InChI=1S/C25H34N4O7S/c1-6-13-26-25(31)22(7-2)27(16-19-9-8-10-21(14-19)36-4)24(30)17-28(37(5,34)35)23-15-20(29(32)33)12-11-18(23)3/h8-12,14-15,22H,6-7,13,16-17H2,1-5H3,(H,26,31). The fraction of sp³-hybridized carbons (Fsp3) is 0.440. The van der Waals surface area contributed by atoms with Crippen molar-refractivity contribution in [2.45, 2.75) is 46.2 Å². The van der Waals surface area contributed by atoms with Crippen molar-refractivity contribution >= 4 is 33.2 Å². The second-order valence-electron chi connectivity index (χ2n) is 8.59. The van der Waals surface area contributed by atoms with E-state index >= 15 is 0 Å². The summed E-state index contributed by atoms with van der Waals surface area (Å²) in [7, 11) is -2.50. The van der Waals surface area contributed by atoms with E-state index in [0.717, 1.165) is 16.6 Å². The van der Waals surface area contributed by atoms with Crippen molar-refractivity contribution in [1.29, 1.82) is 0 Å². The van der Waals surface area contributed by atoms with Gasteiger partial charge in [-0.25, -0.2) is 8.42 Å². The molecule has 0 aliphatic rings. The zero-order valence-electron chi connectivity index (χ0n) is 21.8. The predicted molar refractivity (Wildman–Crippen MR) is 141 cm³/mol. The second kappa shape index (κ2) is 13.0. The predicted octanol–water partition coefficient (Wildman–Crippen LogP) is 3.01. The van der Waals surface area contributed by atoms with E-state index in [1.807, 2.05) is 6.92 Å². The molecule has 11 nitrogen and oxygen atoms in total. The molecule has 0 aromatic heterocycles. The number of nitrogens with one attached hydrogen (secondary N) is 1. The third-order valence-corrected chi connectivity index (χ3v) is 6.90. The van der Waals surface area contributed by atoms with Crippen LogP contribution in [0.2, 0.25) is 0 Å². The first-order chi connectivity index (χ1) is 17.4. The monoisotopic (exact) mass is 534 g/mol. The lowest BCUT2D eigenvalue weighted by Gasteiger charge is -2.33. The van der Waals surface area contributed by atoms with Gasteiger partial charge in [-0.1, -0.05) is 32.0 Å². The number of anilines is 1. The number of ether oxygens (including phenoxy) is 1. The number of aryl methyl sites for hydroxylation is 1. The molecule has 0 fully saturated rings. The lowest BCUT2D eigenvalue weighted by atomic mass is 10.1. The van der Waals surface area contributed by atoms with Gasteiger partial charge in [0.05, 0.1) is 24.0 Å². The summed E-state index contributed by atoms with van der Waals surface area (Å²) in [5.74, 6) is -0.408. The van der Waals surface area contributed by atoms with Gasteiger partial charge in [0.25, 0.3) is 5.69 Å². The van der Waals surface area contributed by atoms with Gasteiger partial charge in [-0.15, -0.1) is 0 Å². The third kappa shape index (κ3) is 7.91. The van der Waals surface area contributed by atoms with Gasteiger partial charge >= 0.3 is 0 Å². The molecule has 2 amide bonds. The molecule has 12 heteroatoms. The number of methoxy groups -OCH3 is 1. The van der Waals surface area contributed by atoms with Gasteiger partial charge in [-0.3, -0.25) is 24.0 Å². The van der Waals surface area contributed by atoms with E-state index < -0.39 is 33.4 Å². The molecule has 37 heavy (non-hydrogen) atoms. The average Bonchev–Trinajstić information content (AvgIpc) is 2.85. The SMILES string of the molecule is CCCNC(=O)C(CC)N(Cc1cccc(OC)c1)C(=O)CN(c1cc([N+](=O)[O-])ccc1C)S(C)(=O)=O. The molecule has 1 N–H and O–H groups in total. The first kappa shape index (κ1) is 29.6. The Hall–Kier alpha value is -3.67. The molecule has 202 valence electrons. The van der Waals surface area contributed by atoms with Gasteiger partial charge < -0.3 is 15.0 Å². The van der Waals surface area contributed by atoms with Crippen LogP contribution in [0.1, 0.15) is 37.8 Å². The first-order valence-electron chi connectivity index (χ1n) is 11.9. The quantitative estimate of drug-likeness (QED) is 0.308. The van der Waals surface area contributed by atoms with Crippen molar-refractivity contribution in [3.05, 3.63) is 63.7 Å². The highest BCUT2D eigenvalue weighted by atomic mass is 32.2. The molecule has 0 heterocycles. The van der Waals surface area contributed by atoms with Crippen molar-refractivity contribution in [1.82, 2.24) is 10.2 Å². The maximum absolute atomic E-state index is 13.7. The van der Waals surface area contributed by atoms with Crippen molar-refractivity contribution in [2.24, 2.45) is 0 Å². The number of hydrogen-bond acceptors (Lipinski definition) is 7. The number of hydrogen-bond donors (Lipinski definition) is 1. The van der Waals surface area contributed by atoms with Gasteiger partial charge in [-0.2, -0.15) is 0 Å². The second-order valence-corrected chi connectivity index (χ2v) is 10.5. The smallest absolute Gasteiger partial charge is 0.271 e. The number of amides is 2. The minimum atomic E-state index is -4.02. The molecule has 0 aliphatic heterocycles. The number of carbonyl (C=O) groups is 2. The van der Waals surface area contributed by atoms with Crippen LogP contribution >= 0.6 is 0 Å². The van der Waals surface area contributed by atoms with E-state index in [4.69, 9.17) is 4.74 Å². The first-order valence-corrected chi connectivity index (χ1v) is 13.7. The zero-order chi connectivity index (χ0) is 27.8. The van der Waals surface area contributed by atoms with E-state index in [2.05, 4.69) is 5.32 Å². The summed E-state index contributed by atoms with van der Waals surface area (Å²) >= 11 is 0. The maximum Gasteiger partial charge on any atom is 0.271 e. The molecule has 0 aliphatic carbocycles. The van der Waals surface area contributed by atoms with Gasteiger partial charge in [-0.05, 0) is 43.0 Å². The van der Waals surface area contributed by atoms with Crippen LogP contribution in [0.25, 0.3) is 0 Å². The molecular formula is C25H34N4O7S. The van der Waals surface area contributed by atoms with Crippen LogP contribution in [0, 0.1) is 17.0 Å². The minimum Gasteiger partial charge on any atom is -0.497 e. The Balaban J connectivity index is 2.52. The summed E-state index contributed by atoms with van der Waals surface area (Å²) in [6.07, 6.45) is 1.93. The normalized spacial score (nSPS) is 11.9. The van der Waals surface area contributed by atoms with Crippen LogP contribution < -0.4 is 14.4 Å².